The summed E-state index contributed by atoms with van der Waals surface area (Å²) in [5, 5.41) is 6.24. The Balaban J connectivity index is 2.36. The number of benzene rings is 1. The van der Waals surface area contributed by atoms with Gasteiger partial charge < -0.3 is 5.73 Å². The Morgan fingerprint density at radius 3 is 2.60 bits per heavy atom. The molecule has 0 aliphatic carbocycles. The molecule has 1 heterocycles. The van der Waals surface area contributed by atoms with Crippen LogP contribution >= 0.6 is 11.8 Å². The van der Waals surface area contributed by atoms with E-state index >= 15 is 0 Å². The predicted octanol–water partition coefficient (Wildman–Crippen LogP) is 1.52. The molecule has 0 aliphatic heterocycles. The highest BCUT2D eigenvalue weighted by molar-refractivity contribution is 7.99. The molecule has 0 saturated carbocycles. The van der Waals surface area contributed by atoms with Gasteiger partial charge in [-0.15, -0.1) is 5.10 Å². The highest BCUT2D eigenvalue weighted by Gasteiger charge is 2.16. The van der Waals surface area contributed by atoms with Crippen LogP contribution in [0.3, 0.4) is 0 Å². The first kappa shape index (κ1) is 14.7. The largest absolute Gasteiger partial charge is 0.343 e. The first-order valence-electron chi connectivity index (χ1n) is 6.07. The van der Waals surface area contributed by atoms with Gasteiger partial charge in [0.25, 0.3) is 0 Å². The number of H-pyrrole nitrogens is 1. The van der Waals surface area contributed by atoms with E-state index in [1.54, 1.807) is 6.92 Å². The Kier molecular flexibility index (Phi) is 4.56. The molecule has 20 heavy (non-hydrogen) atoms. The third kappa shape index (κ3) is 2.91. The van der Waals surface area contributed by atoms with Gasteiger partial charge >= 0.3 is 5.69 Å². The van der Waals surface area contributed by atoms with Crippen LogP contribution in [-0.2, 0) is 13.0 Å². The Labute approximate surface area is 118 Å². The van der Waals surface area contributed by atoms with Crippen LogP contribution < -0.4 is 11.4 Å². The van der Waals surface area contributed by atoms with Crippen LogP contribution in [0.25, 0.3) is 0 Å². The predicted molar refractivity (Wildman–Crippen MR) is 71.8 cm³/mol. The van der Waals surface area contributed by atoms with Crippen molar-refractivity contribution in [3.8, 4) is 0 Å². The van der Waals surface area contributed by atoms with Crippen molar-refractivity contribution in [2.75, 3.05) is 6.54 Å². The molecule has 2 aromatic rings. The topological polar surface area (TPSA) is 76.7 Å². The zero-order valence-electron chi connectivity index (χ0n) is 10.8. The van der Waals surface area contributed by atoms with E-state index in [4.69, 9.17) is 5.73 Å². The van der Waals surface area contributed by atoms with Gasteiger partial charge in [0.2, 0.25) is 0 Å². The van der Waals surface area contributed by atoms with Crippen LogP contribution in [0, 0.1) is 11.6 Å². The SMILES string of the molecule is CCn1c(Sc2c(F)cc(CCN)cc2F)n[nH]c1=O. The molecule has 1 aromatic heterocycles. The van der Waals surface area contributed by atoms with Crippen LogP contribution in [0.4, 0.5) is 8.78 Å². The molecule has 0 aliphatic rings. The number of nitrogens with zero attached hydrogens (tertiary/aromatic N) is 2. The summed E-state index contributed by atoms with van der Waals surface area (Å²) in [7, 11) is 0. The molecule has 0 spiro atoms. The average Bonchev–Trinajstić information content (AvgIpc) is 2.74. The van der Waals surface area contributed by atoms with E-state index < -0.39 is 17.3 Å². The van der Waals surface area contributed by atoms with E-state index in [0.29, 0.717) is 25.1 Å². The number of halogens is 2. The molecule has 5 nitrogen and oxygen atoms in total. The molecule has 0 bridgehead atoms. The Bertz CT molecular complexity index is 645. The number of hydrogen-bond donors (Lipinski definition) is 2. The molecule has 0 unspecified atom stereocenters. The third-order valence-electron chi connectivity index (χ3n) is 2.72. The maximum absolute atomic E-state index is 13.9. The van der Waals surface area contributed by atoms with E-state index in [2.05, 4.69) is 10.2 Å². The monoisotopic (exact) mass is 300 g/mol. The third-order valence-corrected chi connectivity index (χ3v) is 3.81. The smallest absolute Gasteiger partial charge is 0.330 e. The minimum absolute atomic E-state index is 0.181. The first-order chi connectivity index (χ1) is 9.56. The summed E-state index contributed by atoms with van der Waals surface area (Å²) >= 11 is 0.779. The van der Waals surface area contributed by atoms with Gasteiger partial charge in [0, 0.05) is 6.54 Å². The van der Waals surface area contributed by atoms with Crippen LogP contribution in [0.1, 0.15) is 12.5 Å². The summed E-state index contributed by atoms with van der Waals surface area (Å²) in [6.07, 6.45) is 0.404. The molecule has 108 valence electrons. The summed E-state index contributed by atoms with van der Waals surface area (Å²) in [5.41, 5.74) is 5.46. The fraction of sp³-hybridized carbons (Fsp3) is 0.333. The number of aromatic amines is 1. The fourth-order valence-electron chi connectivity index (χ4n) is 1.77. The summed E-state index contributed by atoms with van der Waals surface area (Å²) in [6.45, 7) is 2.43. The summed E-state index contributed by atoms with van der Waals surface area (Å²) < 4.78 is 29.2. The molecule has 0 fully saturated rings. The number of aromatic nitrogens is 3. The summed E-state index contributed by atoms with van der Waals surface area (Å²) in [5.74, 6) is -1.37. The second-order valence-corrected chi connectivity index (χ2v) is 5.06. The van der Waals surface area contributed by atoms with Crippen molar-refractivity contribution in [1.82, 2.24) is 14.8 Å². The lowest BCUT2D eigenvalue weighted by Gasteiger charge is -2.07. The molecule has 2 rings (SSSR count). The lowest BCUT2D eigenvalue weighted by Crippen LogP contribution is -2.16. The van der Waals surface area contributed by atoms with Crippen molar-refractivity contribution in [2.45, 2.75) is 29.9 Å². The normalized spacial score (nSPS) is 11.0. The molecular formula is C12H14F2N4OS. The number of nitrogens with one attached hydrogen (secondary N) is 1. The molecule has 8 heteroatoms. The van der Waals surface area contributed by atoms with Crippen LogP contribution in [0.5, 0.6) is 0 Å². The van der Waals surface area contributed by atoms with Crippen molar-refractivity contribution < 1.29 is 8.78 Å². The highest BCUT2D eigenvalue weighted by Crippen LogP contribution is 2.31. The Morgan fingerprint density at radius 2 is 2.05 bits per heavy atom. The second-order valence-electron chi connectivity index (χ2n) is 4.08. The quantitative estimate of drug-likeness (QED) is 0.878. The van der Waals surface area contributed by atoms with Gasteiger partial charge in [0.1, 0.15) is 11.6 Å². The minimum atomic E-state index is -0.684. The van der Waals surface area contributed by atoms with Gasteiger partial charge in [0.05, 0.1) is 4.90 Å². The standard InChI is InChI=1S/C12H14F2N4OS/c1-2-18-11(19)16-17-12(18)20-10-8(13)5-7(3-4-15)6-9(10)14/h5-6H,2-4,15H2,1H3,(H,16,19). The van der Waals surface area contributed by atoms with Gasteiger partial charge in [0.15, 0.2) is 5.16 Å². The van der Waals surface area contributed by atoms with Gasteiger partial charge in [-0.3, -0.25) is 4.57 Å². The zero-order chi connectivity index (χ0) is 14.7. The van der Waals surface area contributed by atoms with Gasteiger partial charge in [-0.05, 0) is 49.3 Å². The molecule has 0 saturated heterocycles. The number of rotatable bonds is 5. The highest BCUT2D eigenvalue weighted by atomic mass is 32.2. The molecule has 0 radical (unpaired) electrons. The number of nitrogens with two attached hydrogens (primary N) is 1. The van der Waals surface area contributed by atoms with Gasteiger partial charge in [-0.1, -0.05) is 0 Å². The van der Waals surface area contributed by atoms with E-state index in [1.807, 2.05) is 0 Å². The van der Waals surface area contributed by atoms with Crippen molar-refractivity contribution in [1.29, 1.82) is 0 Å². The summed E-state index contributed by atoms with van der Waals surface area (Å²) in [4.78, 5) is 11.2. The van der Waals surface area contributed by atoms with E-state index in [0.717, 1.165) is 11.8 Å². The lowest BCUT2D eigenvalue weighted by atomic mass is 10.1. The number of hydrogen-bond acceptors (Lipinski definition) is 4. The molecule has 3 N–H and O–H groups in total. The van der Waals surface area contributed by atoms with Crippen molar-refractivity contribution in [3.63, 3.8) is 0 Å². The average molecular weight is 300 g/mol. The second kappa shape index (κ2) is 6.19. The van der Waals surface area contributed by atoms with Crippen LogP contribution in [0.15, 0.2) is 27.0 Å². The van der Waals surface area contributed by atoms with Crippen LogP contribution in [0.2, 0.25) is 0 Å². The van der Waals surface area contributed by atoms with E-state index in [-0.39, 0.29) is 10.1 Å². The molecule has 0 atom stereocenters. The van der Waals surface area contributed by atoms with Crippen molar-refractivity contribution >= 4 is 11.8 Å². The van der Waals surface area contributed by atoms with E-state index in [1.165, 1.54) is 16.7 Å². The molecule has 1 aromatic carbocycles. The fourth-order valence-corrected chi connectivity index (χ4v) is 2.68. The molecular weight excluding hydrogens is 286 g/mol. The van der Waals surface area contributed by atoms with Crippen molar-refractivity contribution in [2.24, 2.45) is 5.73 Å². The van der Waals surface area contributed by atoms with Gasteiger partial charge in [-0.2, -0.15) is 0 Å². The minimum Gasteiger partial charge on any atom is -0.330 e. The first-order valence-corrected chi connectivity index (χ1v) is 6.89. The van der Waals surface area contributed by atoms with Gasteiger partial charge in [-0.25, -0.2) is 18.7 Å². The van der Waals surface area contributed by atoms with Crippen LogP contribution in [-0.4, -0.2) is 21.3 Å². The molecule has 0 amide bonds. The maximum Gasteiger partial charge on any atom is 0.343 e. The Hall–Kier alpha value is -1.67. The lowest BCUT2D eigenvalue weighted by molar-refractivity contribution is 0.536. The maximum atomic E-state index is 13.9. The zero-order valence-corrected chi connectivity index (χ0v) is 11.6. The Morgan fingerprint density at radius 1 is 1.40 bits per heavy atom. The summed E-state index contributed by atoms with van der Waals surface area (Å²) in [6, 6.07) is 2.50. The van der Waals surface area contributed by atoms with Crippen molar-refractivity contribution in [3.05, 3.63) is 39.8 Å². The van der Waals surface area contributed by atoms with E-state index in [9.17, 15) is 13.6 Å².